The number of hydrogen-bond acceptors (Lipinski definition) is 2. The first-order chi connectivity index (χ1) is 4.43. The van der Waals surface area contributed by atoms with Gasteiger partial charge in [-0.05, 0) is 12.8 Å². The molecule has 1 rings (SSSR count). The molecule has 0 aromatic carbocycles. The molecule has 0 atom stereocenters. The fraction of sp³-hybridized carbons (Fsp3) is 1.00. The summed E-state index contributed by atoms with van der Waals surface area (Å²) in [6.45, 7) is 0. The lowest BCUT2D eigenvalue weighted by molar-refractivity contribution is 0.372. The van der Waals surface area contributed by atoms with Gasteiger partial charge in [-0.2, -0.15) is 0 Å². The third-order valence-electron chi connectivity index (χ3n) is 1.86. The van der Waals surface area contributed by atoms with Crippen LogP contribution in [-0.2, 0) is 0 Å². The van der Waals surface area contributed by atoms with E-state index in [4.69, 9.17) is 5.11 Å². The van der Waals surface area contributed by atoms with Crippen LogP contribution in [-0.4, -0.2) is 16.3 Å². The van der Waals surface area contributed by atoms with E-state index in [0.717, 1.165) is 5.25 Å². The van der Waals surface area contributed by atoms with Crippen LogP contribution in [0.2, 0.25) is 0 Å². The molecular formula is C7H14OS. The molecule has 2 heteroatoms. The lowest BCUT2D eigenvalue weighted by Gasteiger charge is -2.19. The van der Waals surface area contributed by atoms with Crippen LogP contribution in [0.1, 0.15) is 32.1 Å². The zero-order valence-electron chi connectivity index (χ0n) is 5.68. The van der Waals surface area contributed by atoms with Crippen LogP contribution >= 0.6 is 11.8 Å². The van der Waals surface area contributed by atoms with Crippen LogP contribution in [0.15, 0.2) is 0 Å². The van der Waals surface area contributed by atoms with Gasteiger partial charge in [-0.1, -0.05) is 19.3 Å². The van der Waals surface area contributed by atoms with Gasteiger partial charge in [-0.3, -0.25) is 0 Å². The lowest BCUT2D eigenvalue weighted by Crippen LogP contribution is -2.08. The van der Waals surface area contributed by atoms with Crippen LogP contribution in [0, 0.1) is 0 Å². The Morgan fingerprint density at radius 2 is 1.89 bits per heavy atom. The third kappa shape index (κ3) is 2.59. The molecule has 0 saturated heterocycles. The van der Waals surface area contributed by atoms with E-state index in [-0.39, 0.29) is 0 Å². The highest BCUT2D eigenvalue weighted by molar-refractivity contribution is 7.99. The molecule has 0 aliphatic heterocycles. The first kappa shape index (κ1) is 7.42. The maximum Gasteiger partial charge on any atom is 0.0888 e. The molecule has 0 spiro atoms. The summed E-state index contributed by atoms with van der Waals surface area (Å²) in [6.07, 6.45) is 6.80. The van der Waals surface area contributed by atoms with E-state index < -0.39 is 0 Å². The molecule has 0 unspecified atom stereocenters. The number of aliphatic hydroxyl groups is 1. The van der Waals surface area contributed by atoms with Crippen molar-refractivity contribution in [1.82, 2.24) is 0 Å². The highest BCUT2D eigenvalue weighted by Crippen LogP contribution is 2.27. The third-order valence-corrected chi connectivity index (χ3v) is 2.95. The van der Waals surface area contributed by atoms with Gasteiger partial charge in [0.05, 0.1) is 5.94 Å². The molecule has 0 heterocycles. The Morgan fingerprint density at radius 3 is 2.44 bits per heavy atom. The standard InChI is InChI=1S/C7H14OS/c8-6-9-7-4-2-1-3-5-7/h7-8H,1-6H2. The monoisotopic (exact) mass is 146 g/mol. The molecular weight excluding hydrogens is 132 g/mol. The van der Waals surface area contributed by atoms with Crippen molar-refractivity contribution in [3.8, 4) is 0 Å². The summed E-state index contributed by atoms with van der Waals surface area (Å²) in [5.41, 5.74) is 0. The Morgan fingerprint density at radius 1 is 1.22 bits per heavy atom. The molecule has 9 heavy (non-hydrogen) atoms. The second-order valence-corrected chi connectivity index (χ2v) is 3.81. The molecule has 1 aliphatic carbocycles. The molecule has 0 amide bonds. The molecule has 1 aliphatic rings. The van der Waals surface area contributed by atoms with Crippen molar-refractivity contribution in [2.75, 3.05) is 5.94 Å². The zero-order valence-corrected chi connectivity index (χ0v) is 6.49. The van der Waals surface area contributed by atoms with Crippen molar-refractivity contribution < 1.29 is 5.11 Å². The number of thioether (sulfide) groups is 1. The van der Waals surface area contributed by atoms with Crippen LogP contribution in [0.5, 0.6) is 0 Å². The van der Waals surface area contributed by atoms with Crippen molar-refractivity contribution in [3.63, 3.8) is 0 Å². The molecule has 0 aromatic heterocycles. The summed E-state index contributed by atoms with van der Waals surface area (Å²) in [6, 6.07) is 0. The van der Waals surface area contributed by atoms with Gasteiger partial charge >= 0.3 is 0 Å². The molecule has 1 N–H and O–H groups in total. The molecule has 1 fully saturated rings. The Labute approximate surface area is 60.8 Å². The largest absolute Gasteiger partial charge is 0.386 e. The zero-order chi connectivity index (χ0) is 6.53. The minimum absolute atomic E-state index is 0.310. The van der Waals surface area contributed by atoms with Crippen molar-refractivity contribution in [2.24, 2.45) is 0 Å². The van der Waals surface area contributed by atoms with Crippen molar-refractivity contribution in [2.45, 2.75) is 37.4 Å². The molecule has 0 bridgehead atoms. The van der Waals surface area contributed by atoms with Crippen molar-refractivity contribution in [1.29, 1.82) is 0 Å². The van der Waals surface area contributed by atoms with Crippen LogP contribution in [0.3, 0.4) is 0 Å². The Balaban J connectivity index is 2.08. The predicted octanol–water partition coefficient (Wildman–Crippen LogP) is 2.00. The molecule has 1 saturated carbocycles. The van der Waals surface area contributed by atoms with Gasteiger partial charge in [0, 0.05) is 5.25 Å². The summed E-state index contributed by atoms with van der Waals surface area (Å²) in [5.74, 6) is 0.310. The fourth-order valence-electron chi connectivity index (χ4n) is 1.34. The summed E-state index contributed by atoms with van der Waals surface area (Å²) in [5, 5.41) is 9.35. The van der Waals surface area contributed by atoms with Gasteiger partial charge in [0.2, 0.25) is 0 Å². The van der Waals surface area contributed by atoms with Gasteiger partial charge < -0.3 is 5.11 Å². The SMILES string of the molecule is OCSC1CCCCC1. The second kappa shape index (κ2) is 4.18. The number of hydrogen-bond donors (Lipinski definition) is 1. The Bertz CT molecular complexity index is 66.6. The van der Waals surface area contributed by atoms with Gasteiger partial charge in [0.1, 0.15) is 0 Å². The fourth-order valence-corrected chi connectivity index (χ4v) is 2.21. The maximum atomic E-state index is 8.58. The normalized spacial score (nSPS) is 22.3. The number of rotatable bonds is 2. The van der Waals surface area contributed by atoms with Crippen LogP contribution in [0.4, 0.5) is 0 Å². The van der Waals surface area contributed by atoms with Gasteiger partial charge in [0.15, 0.2) is 0 Å². The van der Waals surface area contributed by atoms with Gasteiger partial charge in [-0.15, -0.1) is 11.8 Å². The van der Waals surface area contributed by atoms with Crippen molar-refractivity contribution >= 4 is 11.8 Å². The highest BCUT2D eigenvalue weighted by Gasteiger charge is 2.12. The van der Waals surface area contributed by atoms with Crippen LogP contribution < -0.4 is 0 Å². The van der Waals surface area contributed by atoms with E-state index in [1.165, 1.54) is 32.1 Å². The predicted molar refractivity (Wildman–Crippen MR) is 41.5 cm³/mol. The highest BCUT2D eigenvalue weighted by atomic mass is 32.2. The quantitative estimate of drug-likeness (QED) is 0.601. The lowest BCUT2D eigenvalue weighted by atomic mass is 10.0. The first-order valence-corrected chi connectivity index (χ1v) is 4.71. The summed E-state index contributed by atoms with van der Waals surface area (Å²) >= 11 is 1.71. The van der Waals surface area contributed by atoms with E-state index in [1.54, 1.807) is 11.8 Å². The smallest absolute Gasteiger partial charge is 0.0888 e. The van der Waals surface area contributed by atoms with E-state index in [1.807, 2.05) is 0 Å². The van der Waals surface area contributed by atoms with Crippen molar-refractivity contribution in [3.05, 3.63) is 0 Å². The van der Waals surface area contributed by atoms with Crippen LogP contribution in [0.25, 0.3) is 0 Å². The van der Waals surface area contributed by atoms with E-state index in [9.17, 15) is 0 Å². The molecule has 54 valence electrons. The first-order valence-electron chi connectivity index (χ1n) is 3.66. The minimum atomic E-state index is 0.310. The molecule has 0 radical (unpaired) electrons. The minimum Gasteiger partial charge on any atom is -0.386 e. The summed E-state index contributed by atoms with van der Waals surface area (Å²) < 4.78 is 0. The Hall–Kier alpha value is 0.310. The van der Waals surface area contributed by atoms with E-state index in [0.29, 0.717) is 5.94 Å². The average Bonchev–Trinajstić information content (AvgIpc) is 1.91. The summed E-state index contributed by atoms with van der Waals surface area (Å²) in [4.78, 5) is 0. The maximum absolute atomic E-state index is 8.58. The molecule has 1 nitrogen and oxygen atoms in total. The average molecular weight is 146 g/mol. The van der Waals surface area contributed by atoms with E-state index >= 15 is 0 Å². The Kier molecular flexibility index (Phi) is 3.44. The molecule has 0 aromatic rings. The van der Waals surface area contributed by atoms with Gasteiger partial charge in [0.25, 0.3) is 0 Å². The second-order valence-electron chi connectivity index (χ2n) is 2.56. The topological polar surface area (TPSA) is 20.2 Å². The summed E-state index contributed by atoms with van der Waals surface area (Å²) in [7, 11) is 0. The van der Waals surface area contributed by atoms with E-state index in [2.05, 4.69) is 0 Å². The number of aliphatic hydroxyl groups excluding tert-OH is 1. The van der Waals surface area contributed by atoms with Gasteiger partial charge in [-0.25, -0.2) is 0 Å².